The number of halogens is 3. The van der Waals surface area contributed by atoms with Gasteiger partial charge in [0.1, 0.15) is 12.1 Å². The highest BCUT2D eigenvalue weighted by Gasteiger charge is 2.30. The Morgan fingerprint density at radius 1 is 1.23 bits per heavy atom. The Hall–Kier alpha value is -2.07. The minimum Gasteiger partial charge on any atom is -0.494 e. The van der Waals surface area contributed by atoms with Gasteiger partial charge in [-0.25, -0.2) is 8.96 Å². The normalized spacial score (nSPS) is 12.5. The molecule has 0 fully saturated rings. The third kappa shape index (κ3) is 4.98. The minimum atomic E-state index is -4.41. The molecule has 2 rings (SSSR count). The van der Waals surface area contributed by atoms with Gasteiger partial charge < -0.3 is 4.74 Å². The lowest BCUT2D eigenvalue weighted by molar-refractivity contribution is -0.137. The highest BCUT2D eigenvalue weighted by Crippen LogP contribution is 2.31. The maximum Gasteiger partial charge on any atom is 0.416 e. The number of nitrogens with zero attached hydrogens (tertiary/aromatic N) is 3. The molecule has 0 bridgehead atoms. The predicted octanol–water partition coefficient (Wildman–Crippen LogP) is 2.96. The molecule has 1 aromatic carbocycles. The van der Waals surface area contributed by atoms with Crippen molar-refractivity contribution in [3.63, 3.8) is 0 Å². The molecular weight excluding hydrogens is 371 g/mol. The summed E-state index contributed by atoms with van der Waals surface area (Å²) in [5, 5.41) is 0. The number of alkyl halides is 3. The van der Waals surface area contributed by atoms with E-state index in [1.165, 1.54) is 38.8 Å². The highest BCUT2D eigenvalue weighted by atomic mass is 32.2. The van der Waals surface area contributed by atoms with E-state index < -0.39 is 21.9 Å². The van der Waals surface area contributed by atoms with Crippen molar-refractivity contribution in [1.82, 2.24) is 13.3 Å². The van der Waals surface area contributed by atoms with E-state index in [0.29, 0.717) is 25.0 Å². The summed E-state index contributed by atoms with van der Waals surface area (Å²) in [5.74, 6) is 0.153. The van der Waals surface area contributed by atoms with Crippen LogP contribution in [0.3, 0.4) is 0 Å². The average molecular weight is 391 g/mol. The van der Waals surface area contributed by atoms with Crippen molar-refractivity contribution in [1.29, 1.82) is 0 Å². The topological polar surface area (TPSA) is 64.4 Å². The van der Waals surface area contributed by atoms with Gasteiger partial charge in [0.15, 0.2) is 0 Å². The third-order valence-corrected chi connectivity index (χ3v) is 5.39. The molecule has 0 saturated carbocycles. The van der Waals surface area contributed by atoms with E-state index >= 15 is 0 Å². The van der Waals surface area contributed by atoms with Gasteiger partial charge in [-0.1, -0.05) is 6.07 Å². The number of aryl methyl sites for hydroxylation is 1. The molecule has 2 aromatic rings. The first kappa shape index (κ1) is 20.2. The lowest BCUT2D eigenvalue weighted by Gasteiger charge is -2.14. The molecule has 0 spiro atoms. The fourth-order valence-electron chi connectivity index (χ4n) is 2.23. The Morgan fingerprint density at radius 3 is 2.62 bits per heavy atom. The van der Waals surface area contributed by atoms with E-state index in [1.54, 1.807) is 0 Å². The molecule has 0 aliphatic rings. The van der Waals surface area contributed by atoms with E-state index in [2.05, 4.69) is 4.98 Å². The zero-order valence-electron chi connectivity index (χ0n) is 14.4. The Balaban J connectivity index is 1.85. The van der Waals surface area contributed by atoms with Crippen LogP contribution in [0.5, 0.6) is 5.75 Å². The van der Waals surface area contributed by atoms with Gasteiger partial charge in [0.2, 0.25) is 0 Å². The van der Waals surface area contributed by atoms with E-state index in [1.807, 2.05) is 0 Å². The molecule has 1 aromatic heterocycles. The van der Waals surface area contributed by atoms with Gasteiger partial charge in [-0.15, -0.1) is 0 Å². The summed E-state index contributed by atoms with van der Waals surface area (Å²) in [7, 11) is -0.754. The number of aromatic nitrogens is 2. The molecule has 0 saturated heterocycles. The highest BCUT2D eigenvalue weighted by molar-refractivity contribution is 7.87. The van der Waals surface area contributed by atoms with Crippen LogP contribution in [0.2, 0.25) is 0 Å². The van der Waals surface area contributed by atoms with Gasteiger partial charge >= 0.3 is 16.4 Å². The summed E-state index contributed by atoms with van der Waals surface area (Å²) in [4.78, 5) is 3.87. The molecule has 144 valence electrons. The van der Waals surface area contributed by atoms with Gasteiger partial charge in [0, 0.05) is 20.3 Å². The van der Waals surface area contributed by atoms with Crippen LogP contribution in [0.25, 0.3) is 0 Å². The fraction of sp³-hybridized carbons (Fsp3) is 0.438. The van der Waals surface area contributed by atoms with E-state index in [-0.39, 0.29) is 12.4 Å². The second kappa shape index (κ2) is 8.09. The number of ether oxygens (including phenoxy) is 1. The molecule has 6 nitrogen and oxygen atoms in total. The Labute approximate surface area is 150 Å². The summed E-state index contributed by atoms with van der Waals surface area (Å²) < 4.78 is 69.7. The zero-order valence-corrected chi connectivity index (χ0v) is 15.2. The summed E-state index contributed by atoms with van der Waals surface area (Å²) in [6.45, 7) is 0.232. The molecule has 0 atom stereocenters. The zero-order chi connectivity index (χ0) is 19.4. The molecule has 1 heterocycles. The van der Waals surface area contributed by atoms with E-state index in [4.69, 9.17) is 4.74 Å². The number of hydrogen-bond acceptors (Lipinski definition) is 4. The quantitative estimate of drug-likeness (QED) is 0.649. The smallest absolute Gasteiger partial charge is 0.416 e. The SMILES string of the molecule is CN(C)S(=O)(=O)n1cncc1CCCCOc1cccc(C(F)(F)F)c1. The molecule has 0 aliphatic carbocycles. The lowest BCUT2D eigenvalue weighted by Crippen LogP contribution is -2.29. The number of hydrogen-bond donors (Lipinski definition) is 0. The standard InChI is InChI=1S/C16H20F3N3O3S/c1-21(2)26(23,24)22-12-20-11-14(22)7-3-4-9-25-15-8-5-6-13(10-15)16(17,18)19/h5-6,8,10-12H,3-4,7,9H2,1-2H3. The van der Waals surface area contributed by atoms with Crippen molar-refractivity contribution < 1.29 is 26.3 Å². The number of benzene rings is 1. The monoisotopic (exact) mass is 391 g/mol. The Kier molecular flexibility index (Phi) is 6.30. The van der Waals surface area contributed by atoms with Crippen LogP contribution in [-0.2, 0) is 22.8 Å². The summed E-state index contributed by atoms with van der Waals surface area (Å²) in [5.41, 5.74) is -0.217. The second-order valence-electron chi connectivity index (χ2n) is 5.80. The molecule has 0 aliphatic heterocycles. The van der Waals surface area contributed by atoms with Crippen LogP contribution in [0.15, 0.2) is 36.8 Å². The summed E-state index contributed by atoms with van der Waals surface area (Å²) >= 11 is 0. The predicted molar refractivity (Wildman–Crippen MR) is 90.1 cm³/mol. The maximum atomic E-state index is 12.6. The second-order valence-corrected chi connectivity index (χ2v) is 7.82. The molecule has 0 N–H and O–H groups in total. The third-order valence-electron chi connectivity index (χ3n) is 3.65. The van der Waals surface area contributed by atoms with E-state index in [0.717, 1.165) is 20.4 Å². The summed E-state index contributed by atoms with van der Waals surface area (Å²) in [6.07, 6.45) is -0.0652. The van der Waals surface area contributed by atoms with Crippen LogP contribution in [0.1, 0.15) is 24.1 Å². The van der Waals surface area contributed by atoms with Crippen LogP contribution in [0, 0.1) is 0 Å². The number of unbranched alkanes of at least 4 members (excludes halogenated alkanes) is 1. The number of rotatable bonds is 8. The molecule has 10 heteroatoms. The van der Waals surface area contributed by atoms with Gasteiger partial charge in [-0.2, -0.15) is 25.9 Å². The Morgan fingerprint density at radius 2 is 1.96 bits per heavy atom. The molecular formula is C16H20F3N3O3S. The van der Waals surface area contributed by atoms with Crippen LogP contribution in [-0.4, -0.2) is 42.4 Å². The Bertz CT molecular complexity index is 833. The van der Waals surface area contributed by atoms with Gasteiger partial charge in [0.25, 0.3) is 0 Å². The first-order valence-corrected chi connectivity index (χ1v) is 9.26. The maximum absolute atomic E-state index is 12.6. The van der Waals surface area contributed by atoms with Crippen molar-refractivity contribution in [2.75, 3.05) is 20.7 Å². The van der Waals surface area contributed by atoms with E-state index in [9.17, 15) is 21.6 Å². The largest absolute Gasteiger partial charge is 0.494 e. The first-order chi connectivity index (χ1) is 12.1. The molecule has 0 amide bonds. The summed E-state index contributed by atoms with van der Waals surface area (Å²) in [6, 6.07) is 4.70. The average Bonchev–Trinajstić information content (AvgIpc) is 3.03. The molecule has 0 unspecified atom stereocenters. The molecule has 26 heavy (non-hydrogen) atoms. The minimum absolute atomic E-state index is 0.153. The first-order valence-electron chi connectivity index (χ1n) is 7.86. The lowest BCUT2D eigenvalue weighted by atomic mass is 10.2. The van der Waals surface area contributed by atoms with Gasteiger partial charge in [0.05, 0.1) is 17.9 Å². The van der Waals surface area contributed by atoms with Gasteiger partial charge in [-0.3, -0.25) is 0 Å². The molecule has 0 radical (unpaired) electrons. The van der Waals surface area contributed by atoms with Crippen molar-refractivity contribution in [3.8, 4) is 5.75 Å². The van der Waals surface area contributed by atoms with Crippen LogP contribution >= 0.6 is 0 Å². The fourth-order valence-corrected chi connectivity index (χ4v) is 3.19. The number of imidazole rings is 1. The van der Waals surface area contributed by atoms with Gasteiger partial charge in [-0.05, 0) is 37.5 Å². The van der Waals surface area contributed by atoms with Crippen LogP contribution < -0.4 is 4.74 Å². The van der Waals surface area contributed by atoms with Crippen molar-refractivity contribution in [2.45, 2.75) is 25.4 Å². The van der Waals surface area contributed by atoms with Crippen LogP contribution in [0.4, 0.5) is 13.2 Å². The van der Waals surface area contributed by atoms with Crippen molar-refractivity contribution in [2.24, 2.45) is 0 Å². The van der Waals surface area contributed by atoms with Crippen molar-refractivity contribution in [3.05, 3.63) is 48.0 Å². The van der Waals surface area contributed by atoms with Crippen molar-refractivity contribution >= 4 is 10.2 Å².